The van der Waals surface area contributed by atoms with Gasteiger partial charge in [-0.2, -0.15) is 0 Å². The van der Waals surface area contributed by atoms with Crippen molar-refractivity contribution >= 4 is 17.6 Å². The highest BCUT2D eigenvalue weighted by molar-refractivity contribution is 6.31. The van der Waals surface area contributed by atoms with Gasteiger partial charge in [-0.3, -0.25) is 5.43 Å². The van der Waals surface area contributed by atoms with E-state index in [2.05, 4.69) is 15.7 Å². The lowest BCUT2D eigenvalue weighted by Crippen LogP contribution is -2.46. The maximum atomic E-state index is 6.05. The minimum atomic E-state index is 0.121. The number of benzene rings is 1. The minimum Gasteiger partial charge on any atom is -0.383 e. The molecule has 18 heavy (non-hydrogen) atoms. The Bertz CT molecular complexity index is 397. The number of halogens is 1. The Morgan fingerprint density at radius 3 is 2.83 bits per heavy atom. The number of methoxy groups -OCH3 is 1. The van der Waals surface area contributed by atoms with Crippen molar-refractivity contribution in [3.63, 3.8) is 0 Å². The zero-order valence-corrected chi connectivity index (χ0v) is 11.4. The zero-order valence-electron chi connectivity index (χ0n) is 10.6. The van der Waals surface area contributed by atoms with Gasteiger partial charge in [0.2, 0.25) is 5.96 Å². The Morgan fingerprint density at radius 1 is 1.50 bits per heavy atom. The lowest BCUT2D eigenvalue weighted by molar-refractivity contribution is 0.179. The van der Waals surface area contributed by atoms with Crippen LogP contribution in [0.1, 0.15) is 12.5 Å². The second-order valence-corrected chi connectivity index (χ2v) is 4.31. The number of guanidine groups is 1. The van der Waals surface area contributed by atoms with Gasteiger partial charge >= 0.3 is 0 Å². The molecule has 6 heteroatoms. The molecule has 1 atom stereocenters. The van der Waals surface area contributed by atoms with Gasteiger partial charge in [0, 0.05) is 18.2 Å². The van der Waals surface area contributed by atoms with Gasteiger partial charge in [-0.1, -0.05) is 29.8 Å². The van der Waals surface area contributed by atoms with Gasteiger partial charge in [0.05, 0.1) is 13.2 Å². The Labute approximate surface area is 112 Å². The molecule has 0 aromatic heterocycles. The quantitative estimate of drug-likeness (QED) is 0.326. The third kappa shape index (κ3) is 4.91. The summed E-state index contributed by atoms with van der Waals surface area (Å²) in [6, 6.07) is 7.70. The summed E-state index contributed by atoms with van der Waals surface area (Å²) in [6.45, 7) is 3.02. The zero-order chi connectivity index (χ0) is 13.4. The molecule has 0 saturated heterocycles. The lowest BCUT2D eigenvalue weighted by atomic mass is 10.2. The molecule has 5 nitrogen and oxygen atoms in total. The van der Waals surface area contributed by atoms with E-state index in [4.69, 9.17) is 22.2 Å². The molecular weight excluding hydrogens is 252 g/mol. The van der Waals surface area contributed by atoms with Crippen LogP contribution in [-0.2, 0) is 11.3 Å². The molecule has 0 fully saturated rings. The largest absolute Gasteiger partial charge is 0.383 e. The average molecular weight is 271 g/mol. The van der Waals surface area contributed by atoms with E-state index < -0.39 is 0 Å². The first-order valence-electron chi connectivity index (χ1n) is 5.67. The van der Waals surface area contributed by atoms with Crippen LogP contribution in [0.15, 0.2) is 29.3 Å². The minimum absolute atomic E-state index is 0.121. The summed E-state index contributed by atoms with van der Waals surface area (Å²) in [5, 5.41) is 3.80. The van der Waals surface area contributed by atoms with Crippen molar-refractivity contribution in [2.45, 2.75) is 19.5 Å². The molecule has 1 unspecified atom stereocenters. The van der Waals surface area contributed by atoms with Crippen LogP contribution in [-0.4, -0.2) is 25.7 Å². The van der Waals surface area contributed by atoms with E-state index in [1.54, 1.807) is 7.11 Å². The molecule has 0 spiro atoms. The van der Waals surface area contributed by atoms with E-state index >= 15 is 0 Å². The Balaban J connectivity index is 2.60. The number of hydrogen-bond donors (Lipinski definition) is 3. The SMILES string of the molecule is COCC(C)NC(=NCc1ccccc1Cl)NN. The van der Waals surface area contributed by atoms with Crippen molar-refractivity contribution < 1.29 is 4.74 Å². The van der Waals surface area contributed by atoms with Gasteiger partial charge in [-0.05, 0) is 18.6 Å². The van der Waals surface area contributed by atoms with E-state index in [9.17, 15) is 0 Å². The van der Waals surface area contributed by atoms with E-state index in [0.717, 1.165) is 5.56 Å². The number of aliphatic imine (C=N–C) groups is 1. The monoisotopic (exact) mass is 270 g/mol. The topological polar surface area (TPSA) is 71.7 Å². The van der Waals surface area contributed by atoms with E-state index in [1.807, 2.05) is 31.2 Å². The molecule has 100 valence electrons. The van der Waals surface area contributed by atoms with Crippen molar-refractivity contribution in [3.05, 3.63) is 34.9 Å². The molecule has 0 aliphatic heterocycles. The summed E-state index contributed by atoms with van der Waals surface area (Å²) in [5.41, 5.74) is 3.47. The van der Waals surface area contributed by atoms with Crippen LogP contribution in [0.25, 0.3) is 0 Å². The third-order valence-electron chi connectivity index (χ3n) is 2.30. The predicted octanol–water partition coefficient (Wildman–Crippen LogP) is 1.28. The summed E-state index contributed by atoms with van der Waals surface area (Å²) in [7, 11) is 1.65. The summed E-state index contributed by atoms with van der Waals surface area (Å²) >= 11 is 6.05. The molecular formula is C12H19ClN4O. The molecule has 0 radical (unpaired) electrons. The second-order valence-electron chi connectivity index (χ2n) is 3.90. The van der Waals surface area contributed by atoms with Crippen molar-refractivity contribution in [2.75, 3.05) is 13.7 Å². The Kier molecular flexibility index (Phi) is 6.49. The van der Waals surface area contributed by atoms with Gasteiger partial charge in [-0.15, -0.1) is 0 Å². The van der Waals surface area contributed by atoms with Crippen LogP contribution in [0.3, 0.4) is 0 Å². The summed E-state index contributed by atoms with van der Waals surface area (Å²) in [4.78, 5) is 4.32. The van der Waals surface area contributed by atoms with Gasteiger partial charge in [0.15, 0.2) is 0 Å². The summed E-state index contributed by atoms with van der Waals surface area (Å²) in [5.74, 6) is 5.92. The fourth-order valence-electron chi connectivity index (χ4n) is 1.45. The molecule has 0 aliphatic carbocycles. The smallest absolute Gasteiger partial charge is 0.206 e. The fourth-order valence-corrected chi connectivity index (χ4v) is 1.64. The molecule has 4 N–H and O–H groups in total. The van der Waals surface area contributed by atoms with Crippen LogP contribution in [0.2, 0.25) is 5.02 Å². The molecule has 1 aromatic rings. The number of rotatable bonds is 5. The number of nitrogens with one attached hydrogen (secondary N) is 2. The fraction of sp³-hybridized carbons (Fsp3) is 0.417. The highest BCUT2D eigenvalue weighted by atomic mass is 35.5. The predicted molar refractivity (Wildman–Crippen MR) is 74.4 cm³/mol. The van der Waals surface area contributed by atoms with Crippen LogP contribution in [0.5, 0.6) is 0 Å². The molecule has 1 aromatic carbocycles. The van der Waals surface area contributed by atoms with E-state index in [-0.39, 0.29) is 6.04 Å². The molecule has 0 aliphatic rings. The Morgan fingerprint density at radius 2 is 2.22 bits per heavy atom. The van der Waals surface area contributed by atoms with Gasteiger partial charge in [-0.25, -0.2) is 10.8 Å². The van der Waals surface area contributed by atoms with Gasteiger partial charge in [0.25, 0.3) is 0 Å². The normalized spacial score (nSPS) is 13.2. The number of nitrogens with two attached hydrogens (primary N) is 1. The van der Waals surface area contributed by atoms with Gasteiger partial charge < -0.3 is 10.1 Å². The summed E-state index contributed by atoms with van der Waals surface area (Å²) in [6.07, 6.45) is 0. The maximum Gasteiger partial charge on any atom is 0.206 e. The molecule has 1 rings (SSSR count). The van der Waals surface area contributed by atoms with E-state index in [1.165, 1.54) is 0 Å². The lowest BCUT2D eigenvalue weighted by Gasteiger charge is -2.15. The first kappa shape index (κ1) is 14.8. The number of nitrogens with zero attached hydrogens (tertiary/aromatic N) is 1. The van der Waals surface area contributed by atoms with Gasteiger partial charge in [0.1, 0.15) is 0 Å². The molecule has 0 heterocycles. The highest BCUT2D eigenvalue weighted by Gasteiger charge is 2.04. The van der Waals surface area contributed by atoms with Crippen LogP contribution in [0.4, 0.5) is 0 Å². The molecule has 0 amide bonds. The number of hydrazine groups is 1. The standard InChI is InChI=1S/C12H19ClN4O/c1-9(8-18-2)16-12(17-14)15-7-10-5-3-4-6-11(10)13/h3-6,9H,7-8,14H2,1-2H3,(H2,15,16,17). The van der Waals surface area contributed by atoms with Crippen molar-refractivity contribution in [1.82, 2.24) is 10.7 Å². The number of hydrogen-bond acceptors (Lipinski definition) is 3. The van der Waals surface area contributed by atoms with Crippen LogP contribution >= 0.6 is 11.6 Å². The van der Waals surface area contributed by atoms with E-state index in [0.29, 0.717) is 24.1 Å². The first-order valence-corrected chi connectivity index (χ1v) is 6.05. The third-order valence-corrected chi connectivity index (χ3v) is 2.67. The first-order chi connectivity index (χ1) is 8.67. The maximum absolute atomic E-state index is 6.05. The van der Waals surface area contributed by atoms with Crippen LogP contribution in [0, 0.1) is 0 Å². The second kappa shape index (κ2) is 7.92. The summed E-state index contributed by atoms with van der Waals surface area (Å²) < 4.78 is 5.02. The molecule has 0 bridgehead atoms. The Hall–Kier alpha value is -1.30. The average Bonchev–Trinajstić information content (AvgIpc) is 2.36. The van der Waals surface area contributed by atoms with Crippen LogP contribution < -0.4 is 16.6 Å². The molecule has 0 saturated carbocycles. The van der Waals surface area contributed by atoms with Crippen molar-refractivity contribution in [3.8, 4) is 0 Å². The van der Waals surface area contributed by atoms with Crippen molar-refractivity contribution in [2.24, 2.45) is 10.8 Å². The van der Waals surface area contributed by atoms with Crippen molar-refractivity contribution in [1.29, 1.82) is 0 Å². The highest BCUT2D eigenvalue weighted by Crippen LogP contribution is 2.15. The number of ether oxygens (including phenoxy) is 1.